The largest absolute Gasteiger partial charge is 0.339 e. The molecule has 2 aromatic heterocycles. The number of amides is 2. The number of aromatic nitrogens is 2. The SMILES string of the molecule is CC(C)[C@H](NC(=O)c1cccs1)C(=O)Nc1ccn(C)n1. The van der Waals surface area contributed by atoms with Gasteiger partial charge in [0.25, 0.3) is 5.91 Å². The molecule has 0 spiro atoms. The van der Waals surface area contributed by atoms with Crippen LogP contribution >= 0.6 is 11.3 Å². The number of hydrogen-bond donors (Lipinski definition) is 2. The molecule has 2 heterocycles. The fourth-order valence-corrected chi connectivity index (χ4v) is 2.47. The fraction of sp³-hybridized carbons (Fsp3) is 0.357. The maximum atomic E-state index is 12.3. The van der Waals surface area contributed by atoms with Crippen LogP contribution in [0.25, 0.3) is 0 Å². The van der Waals surface area contributed by atoms with Gasteiger partial charge in [-0.15, -0.1) is 11.3 Å². The average Bonchev–Trinajstić information content (AvgIpc) is 3.06. The normalized spacial score (nSPS) is 12.2. The lowest BCUT2D eigenvalue weighted by atomic mass is 10.0. The van der Waals surface area contributed by atoms with Gasteiger partial charge in [-0.3, -0.25) is 14.3 Å². The fourth-order valence-electron chi connectivity index (χ4n) is 1.84. The number of hydrogen-bond acceptors (Lipinski definition) is 4. The van der Waals surface area contributed by atoms with Crippen molar-refractivity contribution in [2.24, 2.45) is 13.0 Å². The van der Waals surface area contributed by atoms with Crippen molar-refractivity contribution in [3.63, 3.8) is 0 Å². The van der Waals surface area contributed by atoms with Crippen molar-refractivity contribution < 1.29 is 9.59 Å². The van der Waals surface area contributed by atoms with E-state index in [9.17, 15) is 9.59 Å². The van der Waals surface area contributed by atoms with Gasteiger partial charge in [0.2, 0.25) is 5.91 Å². The first-order chi connectivity index (χ1) is 9.97. The van der Waals surface area contributed by atoms with E-state index in [2.05, 4.69) is 15.7 Å². The topological polar surface area (TPSA) is 76.0 Å². The van der Waals surface area contributed by atoms with E-state index in [1.807, 2.05) is 19.2 Å². The Morgan fingerprint density at radius 2 is 2.10 bits per heavy atom. The summed E-state index contributed by atoms with van der Waals surface area (Å²) in [4.78, 5) is 25.0. The van der Waals surface area contributed by atoms with E-state index in [0.717, 1.165) is 0 Å². The molecule has 6 nitrogen and oxygen atoms in total. The van der Waals surface area contributed by atoms with Gasteiger partial charge in [-0.25, -0.2) is 0 Å². The average molecular weight is 306 g/mol. The van der Waals surface area contributed by atoms with E-state index < -0.39 is 6.04 Å². The molecule has 21 heavy (non-hydrogen) atoms. The highest BCUT2D eigenvalue weighted by atomic mass is 32.1. The lowest BCUT2D eigenvalue weighted by molar-refractivity contribution is -0.118. The van der Waals surface area contributed by atoms with Gasteiger partial charge in [-0.1, -0.05) is 19.9 Å². The zero-order valence-electron chi connectivity index (χ0n) is 12.2. The maximum Gasteiger partial charge on any atom is 0.262 e. The first-order valence-corrected chi connectivity index (χ1v) is 7.50. The molecule has 1 atom stereocenters. The third-order valence-electron chi connectivity index (χ3n) is 2.95. The molecule has 2 N–H and O–H groups in total. The molecule has 7 heteroatoms. The van der Waals surface area contributed by atoms with Crippen LogP contribution in [-0.2, 0) is 11.8 Å². The quantitative estimate of drug-likeness (QED) is 0.885. The number of carbonyl (C=O) groups is 2. The second-order valence-electron chi connectivity index (χ2n) is 5.04. The lowest BCUT2D eigenvalue weighted by Crippen LogP contribution is -2.47. The zero-order valence-corrected chi connectivity index (χ0v) is 13.0. The summed E-state index contributed by atoms with van der Waals surface area (Å²) >= 11 is 1.34. The number of rotatable bonds is 5. The third kappa shape index (κ3) is 3.91. The van der Waals surface area contributed by atoms with Crippen molar-refractivity contribution in [1.29, 1.82) is 0 Å². The predicted octanol–water partition coefficient (Wildman–Crippen LogP) is 1.87. The minimum Gasteiger partial charge on any atom is -0.339 e. The lowest BCUT2D eigenvalue weighted by Gasteiger charge is -2.20. The van der Waals surface area contributed by atoms with Crippen LogP contribution in [0, 0.1) is 5.92 Å². The Bertz CT molecular complexity index is 619. The second kappa shape index (κ2) is 6.53. The molecule has 2 amide bonds. The molecule has 2 rings (SSSR count). The molecule has 0 saturated heterocycles. The molecule has 0 fully saturated rings. The van der Waals surface area contributed by atoms with Gasteiger partial charge < -0.3 is 10.6 Å². The van der Waals surface area contributed by atoms with E-state index in [-0.39, 0.29) is 17.7 Å². The summed E-state index contributed by atoms with van der Waals surface area (Å²) in [5.74, 6) is -0.0652. The van der Waals surface area contributed by atoms with E-state index in [4.69, 9.17) is 0 Å². The van der Waals surface area contributed by atoms with Crippen LogP contribution in [0.5, 0.6) is 0 Å². The summed E-state index contributed by atoms with van der Waals surface area (Å²) in [6.45, 7) is 3.77. The highest BCUT2D eigenvalue weighted by molar-refractivity contribution is 7.12. The van der Waals surface area contributed by atoms with Crippen LogP contribution in [0.4, 0.5) is 5.82 Å². The number of nitrogens with zero attached hydrogens (tertiary/aromatic N) is 2. The van der Waals surface area contributed by atoms with Gasteiger partial charge >= 0.3 is 0 Å². The van der Waals surface area contributed by atoms with Crippen molar-refractivity contribution >= 4 is 29.0 Å². The van der Waals surface area contributed by atoms with Crippen molar-refractivity contribution in [3.05, 3.63) is 34.7 Å². The molecule has 112 valence electrons. The second-order valence-corrected chi connectivity index (χ2v) is 5.98. The van der Waals surface area contributed by atoms with Crippen molar-refractivity contribution in [2.45, 2.75) is 19.9 Å². The van der Waals surface area contributed by atoms with Crippen LogP contribution in [0.3, 0.4) is 0 Å². The molecular formula is C14H18N4O2S. The Morgan fingerprint density at radius 3 is 2.62 bits per heavy atom. The van der Waals surface area contributed by atoms with E-state index in [1.165, 1.54) is 11.3 Å². The first kappa shape index (κ1) is 15.2. The minimum atomic E-state index is -0.610. The van der Waals surface area contributed by atoms with Gasteiger partial charge in [-0.2, -0.15) is 5.10 Å². The Labute approximate surface area is 127 Å². The molecule has 0 aromatic carbocycles. The van der Waals surface area contributed by atoms with E-state index >= 15 is 0 Å². The summed E-state index contributed by atoms with van der Waals surface area (Å²) in [7, 11) is 1.77. The molecule has 0 radical (unpaired) electrons. The molecule has 0 aliphatic rings. The van der Waals surface area contributed by atoms with Crippen molar-refractivity contribution in [2.75, 3.05) is 5.32 Å². The number of aryl methyl sites for hydroxylation is 1. The number of anilines is 1. The van der Waals surface area contributed by atoms with Crippen LogP contribution in [-0.4, -0.2) is 27.6 Å². The van der Waals surface area contributed by atoms with E-state index in [1.54, 1.807) is 36.1 Å². The molecule has 0 unspecified atom stereocenters. The van der Waals surface area contributed by atoms with Crippen LogP contribution < -0.4 is 10.6 Å². The number of thiophene rings is 1. The van der Waals surface area contributed by atoms with Gasteiger partial charge in [0, 0.05) is 19.3 Å². The van der Waals surface area contributed by atoms with Gasteiger partial charge in [0.1, 0.15) is 6.04 Å². The Balaban J connectivity index is 2.04. The molecule has 0 saturated carbocycles. The van der Waals surface area contributed by atoms with E-state index in [0.29, 0.717) is 10.7 Å². The van der Waals surface area contributed by atoms with Crippen molar-refractivity contribution in [3.8, 4) is 0 Å². The highest BCUT2D eigenvalue weighted by Gasteiger charge is 2.25. The highest BCUT2D eigenvalue weighted by Crippen LogP contribution is 2.11. The molecule has 0 aliphatic carbocycles. The number of nitrogens with one attached hydrogen (secondary N) is 2. The summed E-state index contributed by atoms with van der Waals surface area (Å²) < 4.78 is 1.60. The summed E-state index contributed by atoms with van der Waals surface area (Å²) in [6, 6.07) is 4.63. The Morgan fingerprint density at radius 1 is 1.33 bits per heavy atom. The zero-order chi connectivity index (χ0) is 15.4. The monoisotopic (exact) mass is 306 g/mol. The van der Waals surface area contributed by atoms with Gasteiger partial charge in [0.15, 0.2) is 5.82 Å². The molecule has 2 aromatic rings. The number of carbonyl (C=O) groups excluding carboxylic acids is 2. The Hall–Kier alpha value is -2.15. The van der Waals surface area contributed by atoms with Crippen LogP contribution in [0.2, 0.25) is 0 Å². The summed E-state index contributed by atoms with van der Waals surface area (Å²) in [6.07, 6.45) is 1.74. The molecular weight excluding hydrogens is 288 g/mol. The predicted molar refractivity (Wildman–Crippen MR) is 82.2 cm³/mol. The van der Waals surface area contributed by atoms with Crippen LogP contribution in [0.1, 0.15) is 23.5 Å². The van der Waals surface area contributed by atoms with Gasteiger partial charge in [-0.05, 0) is 17.4 Å². The third-order valence-corrected chi connectivity index (χ3v) is 3.81. The minimum absolute atomic E-state index is 0.0300. The van der Waals surface area contributed by atoms with Gasteiger partial charge in [0.05, 0.1) is 4.88 Å². The summed E-state index contributed by atoms with van der Waals surface area (Å²) in [5, 5.41) is 11.4. The summed E-state index contributed by atoms with van der Waals surface area (Å²) in [5.41, 5.74) is 0. The molecule has 0 aliphatic heterocycles. The van der Waals surface area contributed by atoms with Crippen LogP contribution in [0.15, 0.2) is 29.8 Å². The standard InChI is InChI=1S/C14H18N4O2S/c1-9(2)12(16-13(19)10-5-4-8-21-10)14(20)15-11-6-7-18(3)17-11/h4-9,12H,1-3H3,(H,16,19)(H,15,17,20)/t12-/m0/s1. The smallest absolute Gasteiger partial charge is 0.262 e. The Kier molecular flexibility index (Phi) is 4.74. The molecule has 0 bridgehead atoms. The maximum absolute atomic E-state index is 12.3. The van der Waals surface area contributed by atoms with Crippen molar-refractivity contribution in [1.82, 2.24) is 15.1 Å². The first-order valence-electron chi connectivity index (χ1n) is 6.62.